The normalized spacial score (nSPS) is 10.7. The molecule has 0 aliphatic carbocycles. The van der Waals surface area contributed by atoms with Gasteiger partial charge in [-0.2, -0.15) is 5.10 Å². The first-order chi connectivity index (χ1) is 15.7. The van der Waals surface area contributed by atoms with Crippen LogP contribution in [-0.2, 0) is 17.6 Å². The second kappa shape index (κ2) is 9.92. The van der Waals surface area contributed by atoms with Crippen LogP contribution < -0.4 is 10.1 Å². The molecule has 0 spiro atoms. The number of carbonyl (C=O) groups excluding carboxylic acids is 1. The zero-order valence-electron chi connectivity index (χ0n) is 17.8. The predicted molar refractivity (Wildman–Crippen MR) is 123 cm³/mol. The minimum Gasteiger partial charge on any atom is -0.439 e. The second-order valence-corrected chi connectivity index (χ2v) is 7.27. The van der Waals surface area contributed by atoms with E-state index in [1.807, 2.05) is 67.6 Å². The number of ether oxygens (including phenoxy) is 1. The lowest BCUT2D eigenvalue weighted by atomic mass is 10.1. The Kier molecular flexibility index (Phi) is 6.60. The number of para-hydroxylation sites is 3. The maximum atomic E-state index is 13.9. The second-order valence-electron chi connectivity index (χ2n) is 7.27. The average Bonchev–Trinajstić information content (AvgIpc) is 3.17. The zero-order valence-corrected chi connectivity index (χ0v) is 17.8. The van der Waals surface area contributed by atoms with Gasteiger partial charge < -0.3 is 10.1 Å². The summed E-state index contributed by atoms with van der Waals surface area (Å²) >= 11 is 0. The number of nitrogens with one attached hydrogen (secondary N) is 1. The Hall–Kier alpha value is -3.93. The van der Waals surface area contributed by atoms with Gasteiger partial charge in [0.1, 0.15) is 11.6 Å². The fourth-order valence-corrected chi connectivity index (χ4v) is 3.48. The maximum absolute atomic E-state index is 13.9. The summed E-state index contributed by atoms with van der Waals surface area (Å²) < 4.78 is 21.9. The predicted octanol–water partition coefficient (Wildman–Crippen LogP) is 5.94. The number of amides is 1. The molecule has 1 amide bonds. The molecule has 0 atom stereocenters. The molecule has 4 aromatic rings. The number of benzene rings is 3. The van der Waals surface area contributed by atoms with Crippen LogP contribution >= 0.6 is 0 Å². The average molecular weight is 429 g/mol. The monoisotopic (exact) mass is 429 g/mol. The van der Waals surface area contributed by atoms with E-state index in [0.717, 1.165) is 16.9 Å². The van der Waals surface area contributed by atoms with Crippen molar-refractivity contribution in [3.63, 3.8) is 0 Å². The molecule has 3 aromatic carbocycles. The Balaban J connectivity index is 1.63. The van der Waals surface area contributed by atoms with E-state index < -0.39 is 5.82 Å². The topological polar surface area (TPSA) is 56.2 Å². The highest BCUT2D eigenvalue weighted by molar-refractivity contribution is 5.91. The van der Waals surface area contributed by atoms with Gasteiger partial charge in [0, 0.05) is 12.0 Å². The molecule has 0 aliphatic heterocycles. The summed E-state index contributed by atoms with van der Waals surface area (Å²) in [5.41, 5.74) is 2.77. The summed E-state index contributed by atoms with van der Waals surface area (Å²) in [7, 11) is 0. The molecule has 6 heteroatoms. The van der Waals surface area contributed by atoms with E-state index in [2.05, 4.69) is 5.32 Å². The minimum absolute atomic E-state index is 0.174. The van der Waals surface area contributed by atoms with E-state index in [1.54, 1.807) is 22.9 Å². The first-order valence-corrected chi connectivity index (χ1v) is 10.6. The molecule has 0 fully saturated rings. The van der Waals surface area contributed by atoms with Crippen LogP contribution in [0.25, 0.3) is 5.69 Å². The molecular weight excluding hydrogens is 405 g/mol. The Morgan fingerprint density at radius 2 is 1.62 bits per heavy atom. The number of hydrogen-bond acceptors (Lipinski definition) is 3. The Labute approximate surface area is 186 Å². The SMILES string of the molecule is CCc1nn(-c2ccccc2)c(Oc2ccccc2)c1CCC(=O)Nc1ccccc1F. The van der Waals surface area contributed by atoms with E-state index in [1.165, 1.54) is 6.07 Å². The molecule has 162 valence electrons. The third-order valence-corrected chi connectivity index (χ3v) is 5.06. The molecule has 1 N–H and O–H groups in total. The van der Waals surface area contributed by atoms with Crippen molar-refractivity contribution in [2.45, 2.75) is 26.2 Å². The summed E-state index contributed by atoms with van der Waals surface area (Å²) in [6.45, 7) is 2.02. The van der Waals surface area contributed by atoms with Crippen LogP contribution in [-0.4, -0.2) is 15.7 Å². The minimum atomic E-state index is -0.458. The molecule has 0 bridgehead atoms. The Bertz CT molecular complexity index is 1190. The van der Waals surface area contributed by atoms with Crippen LogP contribution in [0.3, 0.4) is 0 Å². The van der Waals surface area contributed by atoms with Gasteiger partial charge in [0.25, 0.3) is 0 Å². The van der Waals surface area contributed by atoms with Crippen molar-refractivity contribution in [2.24, 2.45) is 0 Å². The molecule has 0 saturated heterocycles. The summed E-state index contributed by atoms with van der Waals surface area (Å²) in [4.78, 5) is 12.5. The molecule has 0 saturated carbocycles. The highest BCUT2D eigenvalue weighted by Crippen LogP contribution is 2.32. The molecule has 1 aromatic heterocycles. The Morgan fingerprint density at radius 1 is 0.969 bits per heavy atom. The van der Waals surface area contributed by atoms with Crippen LogP contribution in [0.4, 0.5) is 10.1 Å². The van der Waals surface area contributed by atoms with Gasteiger partial charge in [-0.3, -0.25) is 4.79 Å². The van der Waals surface area contributed by atoms with Crippen molar-refractivity contribution in [1.29, 1.82) is 0 Å². The number of hydrogen-bond donors (Lipinski definition) is 1. The third kappa shape index (κ3) is 4.86. The number of rotatable bonds is 8. The van der Waals surface area contributed by atoms with Gasteiger partial charge in [0.05, 0.1) is 17.1 Å². The third-order valence-electron chi connectivity index (χ3n) is 5.06. The fourth-order valence-electron chi connectivity index (χ4n) is 3.48. The summed E-state index contributed by atoms with van der Waals surface area (Å²) in [5, 5.41) is 7.41. The zero-order chi connectivity index (χ0) is 22.3. The van der Waals surface area contributed by atoms with Crippen LogP contribution in [0.1, 0.15) is 24.6 Å². The summed E-state index contributed by atoms with van der Waals surface area (Å²) in [5.74, 6) is 0.539. The standard InChI is InChI=1S/C26H24FN3O2/c1-2-23-21(17-18-25(31)28-24-16-10-9-15-22(24)27)26(32-20-13-7-4-8-14-20)30(29-23)19-11-5-3-6-12-19/h3-16H,2,17-18H2,1H3,(H,28,31). The van der Waals surface area contributed by atoms with Gasteiger partial charge in [-0.15, -0.1) is 0 Å². The van der Waals surface area contributed by atoms with Gasteiger partial charge in [0.2, 0.25) is 11.8 Å². The van der Waals surface area contributed by atoms with Crippen LogP contribution in [0.2, 0.25) is 0 Å². The summed E-state index contributed by atoms with van der Waals surface area (Å²) in [6.07, 6.45) is 1.28. The lowest BCUT2D eigenvalue weighted by Gasteiger charge is -2.12. The number of aromatic nitrogens is 2. The molecule has 32 heavy (non-hydrogen) atoms. The number of nitrogens with zero attached hydrogens (tertiary/aromatic N) is 2. The van der Waals surface area contributed by atoms with Gasteiger partial charge in [-0.1, -0.05) is 55.5 Å². The maximum Gasteiger partial charge on any atom is 0.226 e. The van der Waals surface area contributed by atoms with E-state index >= 15 is 0 Å². The lowest BCUT2D eigenvalue weighted by molar-refractivity contribution is -0.116. The van der Waals surface area contributed by atoms with Crippen molar-refractivity contribution in [3.05, 3.63) is 102 Å². The van der Waals surface area contributed by atoms with Crippen LogP contribution in [0, 0.1) is 5.82 Å². The highest BCUT2D eigenvalue weighted by Gasteiger charge is 2.21. The smallest absolute Gasteiger partial charge is 0.226 e. The van der Waals surface area contributed by atoms with E-state index in [0.29, 0.717) is 24.5 Å². The van der Waals surface area contributed by atoms with Gasteiger partial charge in [-0.25, -0.2) is 9.07 Å². The molecule has 5 nitrogen and oxygen atoms in total. The van der Waals surface area contributed by atoms with Crippen LogP contribution in [0.5, 0.6) is 11.6 Å². The molecule has 0 unspecified atom stereocenters. The van der Waals surface area contributed by atoms with Crippen molar-refractivity contribution in [1.82, 2.24) is 9.78 Å². The highest BCUT2D eigenvalue weighted by atomic mass is 19.1. The van der Waals surface area contributed by atoms with Crippen molar-refractivity contribution in [3.8, 4) is 17.3 Å². The number of halogens is 1. The van der Waals surface area contributed by atoms with Gasteiger partial charge >= 0.3 is 0 Å². The number of aryl methyl sites for hydroxylation is 1. The molecular formula is C26H24FN3O2. The Morgan fingerprint density at radius 3 is 2.31 bits per heavy atom. The van der Waals surface area contributed by atoms with E-state index in [4.69, 9.17) is 9.84 Å². The van der Waals surface area contributed by atoms with E-state index in [-0.39, 0.29) is 18.0 Å². The van der Waals surface area contributed by atoms with Gasteiger partial charge in [0.15, 0.2) is 0 Å². The van der Waals surface area contributed by atoms with Crippen molar-refractivity contribution < 1.29 is 13.9 Å². The van der Waals surface area contributed by atoms with Gasteiger partial charge in [-0.05, 0) is 49.2 Å². The summed E-state index contributed by atoms with van der Waals surface area (Å²) in [6, 6.07) is 25.4. The van der Waals surface area contributed by atoms with Crippen molar-refractivity contribution in [2.75, 3.05) is 5.32 Å². The fraction of sp³-hybridized carbons (Fsp3) is 0.154. The number of anilines is 1. The number of carbonyl (C=O) groups is 1. The quantitative estimate of drug-likeness (QED) is 0.377. The first-order valence-electron chi connectivity index (χ1n) is 10.6. The molecule has 0 aliphatic rings. The van der Waals surface area contributed by atoms with Crippen LogP contribution in [0.15, 0.2) is 84.9 Å². The largest absolute Gasteiger partial charge is 0.439 e. The van der Waals surface area contributed by atoms with E-state index in [9.17, 15) is 9.18 Å². The molecule has 1 heterocycles. The molecule has 4 rings (SSSR count). The lowest BCUT2D eigenvalue weighted by Crippen LogP contribution is -2.13. The molecule has 0 radical (unpaired) electrons. The van der Waals surface area contributed by atoms with Crippen molar-refractivity contribution >= 4 is 11.6 Å². The first kappa shape index (κ1) is 21.3.